The minimum atomic E-state index is -4.44. The van der Waals surface area contributed by atoms with Gasteiger partial charge in [0.05, 0.1) is 17.7 Å². The van der Waals surface area contributed by atoms with E-state index in [2.05, 4.69) is 5.32 Å². The summed E-state index contributed by atoms with van der Waals surface area (Å²) in [6.07, 6.45) is -3.14. The lowest BCUT2D eigenvalue weighted by Gasteiger charge is -2.11. The normalized spacial score (nSPS) is 11.3. The molecular weight excluding hydrogens is 388 g/mol. The monoisotopic (exact) mass is 404 g/mol. The quantitative estimate of drug-likeness (QED) is 0.646. The van der Waals surface area contributed by atoms with Gasteiger partial charge in [0.25, 0.3) is 11.5 Å². The number of hydrogen-bond acceptors (Lipinski definition) is 2. The second-order valence-corrected chi connectivity index (χ2v) is 6.50. The van der Waals surface area contributed by atoms with Gasteiger partial charge in [-0.2, -0.15) is 13.2 Å². The number of anilines is 1. The van der Waals surface area contributed by atoms with Crippen molar-refractivity contribution in [3.63, 3.8) is 0 Å². The van der Waals surface area contributed by atoms with Crippen molar-refractivity contribution in [2.24, 2.45) is 0 Å². The summed E-state index contributed by atoms with van der Waals surface area (Å²) < 4.78 is 52.8. The number of carbonyl (C=O) groups is 1. The standard InChI is InChI=1S/C21H16F4N2O2/c1-13-2-8-17(10-18(13)22)26-20(29)15-5-9-19(28)27(12-15)11-14-3-6-16(7-4-14)21(23,24)25/h2-10,12H,11H2,1H3,(H,26,29). The maximum atomic E-state index is 13.6. The molecule has 0 bridgehead atoms. The Hall–Kier alpha value is -3.42. The molecule has 3 rings (SSSR count). The van der Waals surface area contributed by atoms with Crippen molar-refractivity contribution in [1.29, 1.82) is 0 Å². The van der Waals surface area contributed by atoms with Crippen LogP contribution in [-0.4, -0.2) is 10.5 Å². The maximum absolute atomic E-state index is 13.6. The summed E-state index contributed by atoms with van der Waals surface area (Å²) in [5.41, 5.74) is 0.123. The van der Waals surface area contributed by atoms with E-state index in [1.165, 1.54) is 47.2 Å². The molecule has 0 aliphatic heterocycles. The number of nitrogens with one attached hydrogen (secondary N) is 1. The van der Waals surface area contributed by atoms with Crippen molar-refractivity contribution >= 4 is 11.6 Å². The van der Waals surface area contributed by atoms with Crippen LogP contribution in [0.1, 0.15) is 27.0 Å². The Balaban J connectivity index is 1.79. The van der Waals surface area contributed by atoms with E-state index in [1.54, 1.807) is 13.0 Å². The molecular formula is C21H16F4N2O2. The Kier molecular flexibility index (Phi) is 5.54. The molecule has 0 unspecified atom stereocenters. The minimum absolute atomic E-state index is 0.00273. The molecule has 150 valence electrons. The summed E-state index contributed by atoms with van der Waals surface area (Å²) in [7, 11) is 0. The van der Waals surface area contributed by atoms with Gasteiger partial charge in [-0.3, -0.25) is 9.59 Å². The van der Waals surface area contributed by atoms with Crippen molar-refractivity contribution < 1.29 is 22.4 Å². The second kappa shape index (κ2) is 7.90. The molecule has 0 aliphatic carbocycles. The van der Waals surface area contributed by atoms with Gasteiger partial charge in [-0.05, 0) is 48.4 Å². The number of carbonyl (C=O) groups excluding carboxylic acids is 1. The highest BCUT2D eigenvalue weighted by atomic mass is 19.4. The SMILES string of the molecule is Cc1ccc(NC(=O)c2ccc(=O)n(Cc3ccc(C(F)(F)F)cc3)c2)cc1F. The van der Waals surface area contributed by atoms with E-state index >= 15 is 0 Å². The van der Waals surface area contributed by atoms with Crippen LogP contribution in [0.15, 0.2) is 65.6 Å². The molecule has 1 N–H and O–H groups in total. The van der Waals surface area contributed by atoms with Gasteiger partial charge in [0.1, 0.15) is 5.82 Å². The average molecular weight is 404 g/mol. The first-order chi connectivity index (χ1) is 13.6. The Bertz CT molecular complexity index is 1100. The number of halogens is 4. The molecule has 1 heterocycles. The van der Waals surface area contributed by atoms with Crippen LogP contribution in [0.25, 0.3) is 0 Å². The van der Waals surface area contributed by atoms with Crippen molar-refractivity contribution in [1.82, 2.24) is 4.57 Å². The zero-order valence-electron chi connectivity index (χ0n) is 15.3. The van der Waals surface area contributed by atoms with E-state index < -0.39 is 29.0 Å². The predicted molar refractivity (Wildman–Crippen MR) is 100 cm³/mol. The molecule has 0 spiro atoms. The first kappa shape index (κ1) is 20.3. The zero-order chi connectivity index (χ0) is 21.2. The van der Waals surface area contributed by atoms with Crippen LogP contribution in [0.2, 0.25) is 0 Å². The third-order valence-corrected chi connectivity index (χ3v) is 4.31. The molecule has 0 saturated heterocycles. The Labute approximate surface area is 163 Å². The van der Waals surface area contributed by atoms with Gasteiger partial charge < -0.3 is 9.88 Å². The van der Waals surface area contributed by atoms with Crippen molar-refractivity contribution in [2.75, 3.05) is 5.32 Å². The molecule has 29 heavy (non-hydrogen) atoms. The van der Waals surface area contributed by atoms with Gasteiger partial charge >= 0.3 is 6.18 Å². The number of hydrogen-bond donors (Lipinski definition) is 1. The number of aromatic nitrogens is 1. The van der Waals surface area contributed by atoms with E-state index in [4.69, 9.17) is 0 Å². The van der Waals surface area contributed by atoms with Gasteiger partial charge in [0, 0.05) is 18.0 Å². The molecule has 0 aliphatic rings. The highest BCUT2D eigenvalue weighted by molar-refractivity contribution is 6.04. The fraction of sp³-hybridized carbons (Fsp3) is 0.143. The fourth-order valence-corrected chi connectivity index (χ4v) is 2.66. The van der Waals surface area contributed by atoms with E-state index in [1.807, 2.05) is 0 Å². The Morgan fingerprint density at radius 2 is 1.72 bits per heavy atom. The van der Waals surface area contributed by atoms with Gasteiger partial charge in [0.2, 0.25) is 0 Å². The molecule has 0 radical (unpaired) electrons. The number of pyridine rings is 1. The largest absolute Gasteiger partial charge is 0.416 e. The lowest BCUT2D eigenvalue weighted by atomic mass is 10.1. The number of rotatable bonds is 4. The topological polar surface area (TPSA) is 51.1 Å². The lowest BCUT2D eigenvalue weighted by molar-refractivity contribution is -0.137. The van der Waals surface area contributed by atoms with E-state index in [-0.39, 0.29) is 17.8 Å². The molecule has 0 atom stereocenters. The number of amides is 1. The summed E-state index contributed by atoms with van der Waals surface area (Å²) in [6.45, 7) is 1.59. The summed E-state index contributed by atoms with van der Waals surface area (Å²) in [4.78, 5) is 24.5. The average Bonchev–Trinajstić information content (AvgIpc) is 2.66. The molecule has 3 aromatic rings. The van der Waals surface area contributed by atoms with Gasteiger partial charge in [0.15, 0.2) is 0 Å². The summed E-state index contributed by atoms with van der Waals surface area (Å²) >= 11 is 0. The molecule has 1 amide bonds. The molecule has 2 aromatic carbocycles. The third-order valence-electron chi connectivity index (χ3n) is 4.31. The molecule has 0 fully saturated rings. The molecule has 8 heteroatoms. The first-order valence-corrected chi connectivity index (χ1v) is 8.57. The highest BCUT2D eigenvalue weighted by Gasteiger charge is 2.29. The van der Waals surface area contributed by atoms with E-state index in [0.717, 1.165) is 12.1 Å². The smallest absolute Gasteiger partial charge is 0.322 e. The molecule has 1 aromatic heterocycles. The minimum Gasteiger partial charge on any atom is -0.322 e. The zero-order valence-corrected chi connectivity index (χ0v) is 15.3. The number of nitrogens with zero attached hydrogens (tertiary/aromatic N) is 1. The van der Waals surface area contributed by atoms with E-state index in [9.17, 15) is 27.2 Å². The van der Waals surface area contributed by atoms with Crippen LogP contribution in [-0.2, 0) is 12.7 Å². The number of benzene rings is 2. The van der Waals surface area contributed by atoms with Crippen LogP contribution in [0, 0.1) is 12.7 Å². The van der Waals surface area contributed by atoms with Crippen LogP contribution in [0.3, 0.4) is 0 Å². The predicted octanol–water partition coefficient (Wildman–Crippen LogP) is 4.62. The van der Waals surface area contributed by atoms with Crippen molar-refractivity contribution in [2.45, 2.75) is 19.6 Å². The van der Waals surface area contributed by atoms with Crippen LogP contribution < -0.4 is 10.9 Å². The lowest BCUT2D eigenvalue weighted by Crippen LogP contribution is -2.22. The van der Waals surface area contributed by atoms with Gasteiger partial charge in [-0.1, -0.05) is 18.2 Å². The van der Waals surface area contributed by atoms with Crippen LogP contribution in [0.4, 0.5) is 23.2 Å². The first-order valence-electron chi connectivity index (χ1n) is 8.57. The van der Waals surface area contributed by atoms with Gasteiger partial charge in [-0.15, -0.1) is 0 Å². The summed E-state index contributed by atoms with van der Waals surface area (Å²) in [5, 5.41) is 2.54. The second-order valence-electron chi connectivity index (χ2n) is 6.50. The van der Waals surface area contributed by atoms with Crippen LogP contribution in [0.5, 0.6) is 0 Å². The van der Waals surface area contributed by atoms with E-state index in [0.29, 0.717) is 11.1 Å². The third kappa shape index (κ3) is 4.90. The van der Waals surface area contributed by atoms with Crippen LogP contribution >= 0.6 is 0 Å². The maximum Gasteiger partial charge on any atom is 0.416 e. The fourth-order valence-electron chi connectivity index (χ4n) is 2.66. The Morgan fingerprint density at radius 3 is 2.34 bits per heavy atom. The summed E-state index contributed by atoms with van der Waals surface area (Å²) in [5.74, 6) is -1.01. The van der Waals surface area contributed by atoms with Gasteiger partial charge in [-0.25, -0.2) is 4.39 Å². The number of alkyl halides is 3. The molecule has 0 saturated carbocycles. The number of aryl methyl sites for hydroxylation is 1. The van der Waals surface area contributed by atoms with Crippen molar-refractivity contribution in [3.05, 3.63) is 99.2 Å². The molecule has 4 nitrogen and oxygen atoms in total. The summed E-state index contributed by atoms with van der Waals surface area (Å²) in [6, 6.07) is 11.2. The Morgan fingerprint density at radius 1 is 1.03 bits per heavy atom. The highest BCUT2D eigenvalue weighted by Crippen LogP contribution is 2.29. The van der Waals surface area contributed by atoms with Crippen molar-refractivity contribution in [3.8, 4) is 0 Å².